The highest BCUT2D eigenvalue weighted by atomic mass is 32.2. The highest BCUT2D eigenvalue weighted by Crippen LogP contribution is 2.29. The van der Waals surface area contributed by atoms with Gasteiger partial charge in [-0.25, -0.2) is 0 Å². The molecule has 0 radical (unpaired) electrons. The van der Waals surface area contributed by atoms with Crippen LogP contribution in [0.25, 0.3) is 11.5 Å². The summed E-state index contributed by atoms with van der Waals surface area (Å²) in [6.07, 6.45) is 0. The molecule has 1 aromatic heterocycles. The van der Waals surface area contributed by atoms with Gasteiger partial charge in [-0.1, -0.05) is 46.7 Å². The van der Waals surface area contributed by atoms with Crippen LogP contribution in [0, 0.1) is 34.6 Å². The van der Waals surface area contributed by atoms with Gasteiger partial charge in [0.15, 0.2) is 0 Å². The molecule has 0 saturated carbocycles. The summed E-state index contributed by atoms with van der Waals surface area (Å²) < 4.78 is 5.77. The molecular weight excluding hydrogens is 370 g/mol. The number of nitrogens with one attached hydrogen (secondary N) is 1. The van der Waals surface area contributed by atoms with E-state index in [2.05, 4.69) is 33.7 Å². The van der Waals surface area contributed by atoms with Gasteiger partial charge in [0.2, 0.25) is 11.8 Å². The third-order valence-corrected chi connectivity index (χ3v) is 5.38. The van der Waals surface area contributed by atoms with Crippen LogP contribution < -0.4 is 5.32 Å². The van der Waals surface area contributed by atoms with Gasteiger partial charge in [-0.05, 0) is 64.8 Å². The lowest BCUT2D eigenvalue weighted by Crippen LogP contribution is -2.23. The van der Waals surface area contributed by atoms with Gasteiger partial charge in [-0.3, -0.25) is 4.79 Å². The number of rotatable bonds is 5. The van der Waals surface area contributed by atoms with Crippen LogP contribution in [0.15, 0.2) is 40.0 Å². The maximum Gasteiger partial charge on any atom is 0.277 e. The zero-order valence-corrected chi connectivity index (χ0v) is 17.9. The summed E-state index contributed by atoms with van der Waals surface area (Å²) in [7, 11) is 0. The van der Waals surface area contributed by atoms with Crippen molar-refractivity contribution >= 4 is 23.4 Å². The highest BCUT2D eigenvalue weighted by Gasteiger charge is 2.20. The average Bonchev–Trinajstić information content (AvgIpc) is 3.05. The minimum Gasteiger partial charge on any atom is -0.411 e. The number of hydrogen-bond acceptors (Lipinski definition) is 5. The van der Waals surface area contributed by atoms with Gasteiger partial charge >= 0.3 is 0 Å². The largest absolute Gasteiger partial charge is 0.411 e. The van der Waals surface area contributed by atoms with E-state index < -0.39 is 0 Å². The molecule has 0 saturated heterocycles. The maximum absolute atomic E-state index is 12.7. The fourth-order valence-corrected chi connectivity index (χ4v) is 3.96. The minimum atomic E-state index is -0.368. The van der Waals surface area contributed by atoms with Crippen LogP contribution in [0.1, 0.15) is 34.7 Å². The molecule has 0 spiro atoms. The number of hydrogen-bond donors (Lipinski definition) is 1. The molecule has 1 atom stereocenters. The van der Waals surface area contributed by atoms with Gasteiger partial charge in [-0.15, -0.1) is 10.2 Å². The fraction of sp³-hybridized carbons (Fsp3) is 0.318. The smallest absolute Gasteiger partial charge is 0.277 e. The first-order valence-corrected chi connectivity index (χ1v) is 10.1. The highest BCUT2D eigenvalue weighted by molar-refractivity contribution is 8.00. The van der Waals surface area contributed by atoms with Crippen LogP contribution in [-0.4, -0.2) is 21.4 Å². The van der Waals surface area contributed by atoms with Crippen molar-refractivity contribution in [3.8, 4) is 11.5 Å². The third-order valence-electron chi connectivity index (χ3n) is 4.45. The van der Waals surface area contributed by atoms with E-state index in [1.54, 1.807) is 0 Å². The number of anilines is 1. The summed E-state index contributed by atoms with van der Waals surface area (Å²) in [6, 6.07) is 10.2. The van der Waals surface area contributed by atoms with Gasteiger partial charge < -0.3 is 9.73 Å². The predicted molar refractivity (Wildman–Crippen MR) is 114 cm³/mol. The van der Waals surface area contributed by atoms with Crippen LogP contribution in [-0.2, 0) is 4.79 Å². The molecule has 146 valence electrons. The SMILES string of the molecule is Cc1cc(C)cc(-c2nnc(S[C@H](C)C(=O)Nc3c(C)cc(C)cc3C)o2)c1. The molecular formula is C22H25N3O2S. The summed E-state index contributed by atoms with van der Waals surface area (Å²) in [5.74, 6) is 0.373. The second kappa shape index (κ2) is 8.19. The maximum atomic E-state index is 12.7. The summed E-state index contributed by atoms with van der Waals surface area (Å²) in [4.78, 5) is 12.7. The topological polar surface area (TPSA) is 68.0 Å². The number of carbonyl (C=O) groups is 1. The molecule has 1 N–H and O–H groups in total. The van der Waals surface area contributed by atoms with E-state index in [9.17, 15) is 4.79 Å². The Bertz CT molecular complexity index is 983. The zero-order chi connectivity index (χ0) is 20.4. The zero-order valence-electron chi connectivity index (χ0n) is 17.1. The Morgan fingerprint density at radius 1 is 0.929 bits per heavy atom. The molecule has 28 heavy (non-hydrogen) atoms. The van der Waals surface area contributed by atoms with E-state index in [1.807, 2.05) is 53.7 Å². The van der Waals surface area contributed by atoms with Crippen molar-refractivity contribution in [1.29, 1.82) is 0 Å². The standard InChI is InChI=1S/C22H25N3O2S/c1-12-7-13(2)11-18(10-12)21-24-25-22(27-21)28-17(6)20(26)23-19-15(4)8-14(3)9-16(19)5/h7-11,17H,1-6H3,(H,23,26)/t17-/m1/s1. The number of nitrogens with zero attached hydrogens (tertiary/aromatic N) is 2. The monoisotopic (exact) mass is 395 g/mol. The molecule has 0 fully saturated rings. The molecule has 0 aliphatic heterocycles. The average molecular weight is 396 g/mol. The van der Waals surface area contributed by atoms with Gasteiger partial charge in [0.05, 0.1) is 5.25 Å². The first kappa shape index (κ1) is 20.1. The number of aromatic nitrogens is 2. The molecule has 1 amide bonds. The van der Waals surface area contributed by atoms with Crippen molar-refractivity contribution in [2.75, 3.05) is 5.32 Å². The minimum absolute atomic E-state index is 0.0915. The third kappa shape index (κ3) is 4.62. The Balaban J connectivity index is 1.70. The van der Waals surface area contributed by atoms with Gasteiger partial charge in [0.25, 0.3) is 5.22 Å². The fourth-order valence-electron chi connectivity index (χ4n) is 3.28. The van der Waals surface area contributed by atoms with Crippen molar-refractivity contribution in [2.45, 2.75) is 52.0 Å². The van der Waals surface area contributed by atoms with Crippen LogP contribution in [0.3, 0.4) is 0 Å². The molecule has 0 aliphatic carbocycles. The predicted octanol–water partition coefficient (Wildman–Crippen LogP) is 5.40. The lowest BCUT2D eigenvalue weighted by atomic mass is 10.1. The molecule has 0 bridgehead atoms. The van der Waals surface area contributed by atoms with Crippen molar-refractivity contribution in [3.05, 3.63) is 58.1 Å². The second-order valence-corrected chi connectivity index (χ2v) is 8.56. The molecule has 3 rings (SSSR count). The Hall–Kier alpha value is -2.60. The van der Waals surface area contributed by atoms with E-state index in [4.69, 9.17) is 4.42 Å². The number of aryl methyl sites for hydroxylation is 5. The van der Waals surface area contributed by atoms with Crippen molar-refractivity contribution in [1.82, 2.24) is 10.2 Å². The summed E-state index contributed by atoms with van der Waals surface area (Å²) in [5, 5.41) is 11.3. The van der Waals surface area contributed by atoms with E-state index >= 15 is 0 Å². The summed E-state index contributed by atoms with van der Waals surface area (Å²) in [6.45, 7) is 11.9. The van der Waals surface area contributed by atoms with Crippen LogP contribution >= 0.6 is 11.8 Å². The number of thioether (sulfide) groups is 1. The quantitative estimate of drug-likeness (QED) is 0.586. The van der Waals surface area contributed by atoms with E-state index in [-0.39, 0.29) is 11.2 Å². The van der Waals surface area contributed by atoms with E-state index in [0.29, 0.717) is 11.1 Å². The number of benzene rings is 2. The van der Waals surface area contributed by atoms with Crippen LogP contribution in [0.4, 0.5) is 5.69 Å². The lowest BCUT2D eigenvalue weighted by molar-refractivity contribution is -0.115. The second-order valence-electron chi connectivity index (χ2n) is 7.27. The van der Waals surface area contributed by atoms with Crippen molar-refractivity contribution < 1.29 is 9.21 Å². The molecule has 1 heterocycles. The number of carbonyl (C=O) groups excluding carboxylic acids is 1. The summed E-state index contributed by atoms with van der Waals surface area (Å²) in [5.41, 5.74) is 7.32. The van der Waals surface area contributed by atoms with Crippen LogP contribution in [0.2, 0.25) is 0 Å². The van der Waals surface area contributed by atoms with Gasteiger partial charge in [0, 0.05) is 11.3 Å². The Kier molecular flexibility index (Phi) is 5.89. The normalized spacial score (nSPS) is 12.1. The van der Waals surface area contributed by atoms with Crippen molar-refractivity contribution in [2.24, 2.45) is 0 Å². The molecule has 0 aliphatic rings. The van der Waals surface area contributed by atoms with E-state index in [0.717, 1.165) is 33.5 Å². The molecule has 2 aromatic carbocycles. The van der Waals surface area contributed by atoms with Gasteiger partial charge in [0.1, 0.15) is 0 Å². The molecule has 0 unspecified atom stereocenters. The van der Waals surface area contributed by atoms with E-state index in [1.165, 1.54) is 17.3 Å². The Morgan fingerprint density at radius 2 is 1.50 bits per heavy atom. The van der Waals surface area contributed by atoms with Crippen molar-refractivity contribution in [3.63, 3.8) is 0 Å². The Labute approximate surface area is 170 Å². The Morgan fingerprint density at radius 3 is 2.11 bits per heavy atom. The molecule has 3 aromatic rings. The number of amides is 1. The molecule has 6 heteroatoms. The van der Waals surface area contributed by atoms with Gasteiger partial charge in [-0.2, -0.15) is 0 Å². The molecule has 5 nitrogen and oxygen atoms in total. The first-order valence-electron chi connectivity index (χ1n) is 9.20. The first-order chi connectivity index (χ1) is 13.2. The summed E-state index contributed by atoms with van der Waals surface area (Å²) >= 11 is 1.26. The van der Waals surface area contributed by atoms with Crippen LogP contribution in [0.5, 0.6) is 0 Å². The lowest BCUT2D eigenvalue weighted by Gasteiger charge is -2.15.